The first kappa shape index (κ1) is 17.2. The van der Waals surface area contributed by atoms with Crippen molar-refractivity contribution in [3.63, 3.8) is 0 Å². The van der Waals surface area contributed by atoms with Crippen LogP contribution in [0, 0.1) is 24.2 Å². The van der Waals surface area contributed by atoms with Gasteiger partial charge < -0.3 is 14.7 Å². The molecule has 0 radical (unpaired) electrons. The number of hydrogen-bond donors (Lipinski definition) is 1. The molecule has 1 fully saturated rings. The van der Waals surface area contributed by atoms with Gasteiger partial charge in [0.25, 0.3) is 0 Å². The monoisotopic (exact) mass is 319 g/mol. The number of anilines is 1. The number of aryl methyl sites for hydroxylation is 1. The summed E-state index contributed by atoms with van der Waals surface area (Å²) in [5, 5.41) is 6.33. The van der Waals surface area contributed by atoms with Gasteiger partial charge in [-0.2, -0.15) is 0 Å². The first-order valence-electron chi connectivity index (χ1n) is 7.76. The topological polar surface area (TPSA) is 75.4 Å². The summed E-state index contributed by atoms with van der Waals surface area (Å²) >= 11 is 0. The Morgan fingerprint density at radius 3 is 2.61 bits per heavy atom. The molecule has 0 spiro atoms. The van der Waals surface area contributed by atoms with Gasteiger partial charge in [-0.3, -0.25) is 9.59 Å². The van der Waals surface area contributed by atoms with Gasteiger partial charge in [-0.25, -0.2) is 0 Å². The lowest BCUT2D eigenvalue weighted by atomic mass is 10.1. The Balaban J connectivity index is 1.93. The van der Waals surface area contributed by atoms with Gasteiger partial charge in [0.2, 0.25) is 11.8 Å². The van der Waals surface area contributed by atoms with Crippen LogP contribution in [0.4, 0.5) is 5.82 Å². The van der Waals surface area contributed by atoms with Crippen LogP contribution in [0.5, 0.6) is 0 Å². The third kappa shape index (κ3) is 3.81. The van der Waals surface area contributed by atoms with Gasteiger partial charge in [0.15, 0.2) is 5.82 Å². The van der Waals surface area contributed by atoms with Gasteiger partial charge in [0.05, 0.1) is 12.5 Å². The molecule has 1 N–H and O–H groups in total. The van der Waals surface area contributed by atoms with Crippen LogP contribution >= 0.6 is 0 Å². The van der Waals surface area contributed by atoms with Crippen molar-refractivity contribution in [1.29, 1.82) is 0 Å². The summed E-state index contributed by atoms with van der Waals surface area (Å²) in [5.74, 6) is 0.875. The Morgan fingerprint density at radius 2 is 2.09 bits per heavy atom. The van der Waals surface area contributed by atoms with Gasteiger partial charge in [0.1, 0.15) is 5.76 Å². The summed E-state index contributed by atoms with van der Waals surface area (Å²) in [6.07, 6.45) is 2.15. The molecular weight excluding hydrogens is 294 g/mol. The first-order chi connectivity index (χ1) is 10.6. The van der Waals surface area contributed by atoms with Crippen molar-refractivity contribution in [2.24, 2.45) is 17.3 Å². The molecule has 23 heavy (non-hydrogen) atoms. The molecule has 1 saturated carbocycles. The molecular formula is C17H25N3O3. The minimum absolute atomic E-state index is 0.00113. The van der Waals surface area contributed by atoms with E-state index in [1.54, 1.807) is 20.0 Å². The van der Waals surface area contributed by atoms with Crippen molar-refractivity contribution in [1.82, 2.24) is 10.1 Å². The number of aromatic nitrogens is 1. The van der Waals surface area contributed by atoms with E-state index in [0.717, 1.165) is 0 Å². The fourth-order valence-electron chi connectivity index (χ4n) is 2.96. The van der Waals surface area contributed by atoms with Crippen LogP contribution in [0.2, 0.25) is 0 Å². The van der Waals surface area contributed by atoms with Crippen LogP contribution in [0.25, 0.3) is 0 Å². The zero-order valence-electron chi connectivity index (χ0n) is 14.6. The molecule has 1 aromatic heterocycles. The van der Waals surface area contributed by atoms with Crippen LogP contribution in [0.15, 0.2) is 22.2 Å². The summed E-state index contributed by atoms with van der Waals surface area (Å²) in [4.78, 5) is 26.1. The van der Waals surface area contributed by atoms with Crippen LogP contribution < -0.4 is 5.32 Å². The van der Waals surface area contributed by atoms with Crippen molar-refractivity contribution in [3.8, 4) is 0 Å². The average Bonchev–Trinajstić information content (AvgIpc) is 2.75. The molecule has 1 aliphatic carbocycles. The fraction of sp³-hybridized carbons (Fsp3) is 0.588. The second-order valence-corrected chi connectivity index (χ2v) is 7.13. The number of amides is 2. The van der Waals surface area contributed by atoms with Crippen molar-refractivity contribution in [3.05, 3.63) is 23.5 Å². The molecule has 2 unspecified atom stereocenters. The second-order valence-electron chi connectivity index (χ2n) is 7.13. The molecule has 2 rings (SSSR count). The van der Waals surface area contributed by atoms with E-state index in [9.17, 15) is 9.59 Å². The summed E-state index contributed by atoms with van der Waals surface area (Å²) in [6, 6.07) is 1.63. The summed E-state index contributed by atoms with van der Waals surface area (Å²) in [7, 11) is 1.66. The Kier molecular flexibility index (Phi) is 4.63. The van der Waals surface area contributed by atoms with Crippen molar-refractivity contribution >= 4 is 17.6 Å². The molecule has 0 bridgehead atoms. The molecule has 2 amide bonds. The largest absolute Gasteiger partial charge is 0.360 e. The van der Waals surface area contributed by atoms with E-state index in [0.29, 0.717) is 11.6 Å². The quantitative estimate of drug-likeness (QED) is 0.847. The molecule has 2 atom stereocenters. The lowest BCUT2D eigenvalue weighted by Gasteiger charge is -2.17. The van der Waals surface area contributed by atoms with E-state index >= 15 is 0 Å². The average molecular weight is 319 g/mol. The van der Waals surface area contributed by atoms with Gasteiger partial charge in [-0.1, -0.05) is 30.7 Å². The highest BCUT2D eigenvalue weighted by atomic mass is 16.5. The van der Waals surface area contributed by atoms with E-state index in [-0.39, 0.29) is 35.6 Å². The molecule has 126 valence electrons. The lowest BCUT2D eigenvalue weighted by molar-refractivity contribution is -0.135. The third-order valence-corrected chi connectivity index (χ3v) is 4.34. The zero-order valence-corrected chi connectivity index (χ0v) is 14.6. The van der Waals surface area contributed by atoms with Crippen LogP contribution in [-0.4, -0.2) is 35.5 Å². The predicted octanol–water partition coefficient (Wildman–Crippen LogP) is 2.62. The van der Waals surface area contributed by atoms with Crippen LogP contribution in [-0.2, 0) is 9.59 Å². The maximum absolute atomic E-state index is 12.6. The molecule has 0 saturated heterocycles. The van der Waals surface area contributed by atoms with Gasteiger partial charge in [0, 0.05) is 13.1 Å². The maximum atomic E-state index is 12.6. The minimum atomic E-state index is -0.286. The normalized spacial score (nSPS) is 21.5. The molecule has 6 nitrogen and oxygen atoms in total. The van der Waals surface area contributed by atoms with Crippen LogP contribution in [0.3, 0.4) is 0 Å². The van der Waals surface area contributed by atoms with E-state index in [4.69, 9.17) is 4.52 Å². The second kappa shape index (κ2) is 6.18. The van der Waals surface area contributed by atoms with Crippen LogP contribution in [0.1, 0.15) is 33.5 Å². The number of allylic oxidation sites excluding steroid dienone is 2. The number of nitrogens with zero attached hydrogens (tertiary/aromatic N) is 2. The number of likely N-dealkylation sites (N-methyl/N-ethyl adjacent to an activating group) is 1. The molecule has 1 heterocycles. The molecule has 1 aliphatic rings. The third-order valence-electron chi connectivity index (χ3n) is 4.34. The number of nitrogens with one attached hydrogen (secondary N) is 1. The SMILES string of the molecule is CC(C)=CC1C(C(=O)N(C)CC(=O)Nc2cc(C)on2)C1(C)C. The molecule has 0 aliphatic heterocycles. The van der Waals surface area contributed by atoms with Crippen molar-refractivity contribution < 1.29 is 14.1 Å². The van der Waals surface area contributed by atoms with E-state index in [2.05, 4.69) is 30.4 Å². The van der Waals surface area contributed by atoms with E-state index in [1.807, 2.05) is 13.8 Å². The number of carbonyl (C=O) groups excluding carboxylic acids is 2. The summed E-state index contributed by atoms with van der Waals surface area (Å²) < 4.78 is 4.89. The standard InChI is InChI=1S/C17H25N3O3/c1-10(2)7-12-15(17(12,4)5)16(22)20(6)9-14(21)18-13-8-11(3)23-19-13/h7-8,12,15H,9H2,1-6H3,(H,18,19,21). The Bertz CT molecular complexity index is 641. The smallest absolute Gasteiger partial charge is 0.245 e. The van der Waals surface area contributed by atoms with E-state index in [1.165, 1.54) is 10.5 Å². The number of rotatable bonds is 5. The van der Waals surface area contributed by atoms with Gasteiger partial charge in [-0.15, -0.1) is 0 Å². The molecule has 6 heteroatoms. The summed E-state index contributed by atoms with van der Waals surface area (Å²) in [5.41, 5.74) is 1.16. The first-order valence-corrected chi connectivity index (χ1v) is 7.76. The predicted molar refractivity (Wildman–Crippen MR) is 87.7 cm³/mol. The van der Waals surface area contributed by atoms with Crippen molar-refractivity contribution in [2.75, 3.05) is 18.9 Å². The maximum Gasteiger partial charge on any atom is 0.245 e. The van der Waals surface area contributed by atoms with Gasteiger partial charge >= 0.3 is 0 Å². The van der Waals surface area contributed by atoms with E-state index < -0.39 is 0 Å². The highest BCUT2D eigenvalue weighted by Gasteiger charge is 2.61. The Morgan fingerprint density at radius 1 is 1.43 bits per heavy atom. The Labute approximate surface area is 136 Å². The molecule has 0 aromatic carbocycles. The zero-order chi connectivity index (χ0) is 17.4. The molecule has 1 aromatic rings. The number of hydrogen-bond acceptors (Lipinski definition) is 4. The highest BCUT2D eigenvalue weighted by molar-refractivity contribution is 5.94. The summed E-state index contributed by atoms with van der Waals surface area (Å²) in [6.45, 7) is 9.99. The Hall–Kier alpha value is -2.11. The highest BCUT2D eigenvalue weighted by Crippen LogP contribution is 2.59. The minimum Gasteiger partial charge on any atom is -0.360 e. The number of carbonyl (C=O) groups is 2. The van der Waals surface area contributed by atoms with Gasteiger partial charge in [-0.05, 0) is 32.1 Å². The lowest BCUT2D eigenvalue weighted by Crippen LogP contribution is -2.36. The van der Waals surface area contributed by atoms with Crippen molar-refractivity contribution in [2.45, 2.75) is 34.6 Å². The fourth-order valence-corrected chi connectivity index (χ4v) is 2.96.